The Hall–Kier alpha value is -1.59. The first-order chi connectivity index (χ1) is 11.7. The van der Waals surface area contributed by atoms with E-state index in [0.29, 0.717) is 0 Å². The quantitative estimate of drug-likeness (QED) is 0.764. The normalized spacial score (nSPS) is 39.5. The van der Waals surface area contributed by atoms with Gasteiger partial charge in [-0.2, -0.15) is 0 Å². The third-order valence-electron chi connectivity index (χ3n) is 7.13. The van der Waals surface area contributed by atoms with E-state index in [4.69, 9.17) is 0 Å². The van der Waals surface area contributed by atoms with Crippen molar-refractivity contribution in [3.8, 4) is 0 Å². The number of amides is 4. The van der Waals surface area contributed by atoms with Crippen molar-refractivity contribution >= 4 is 17.8 Å². The van der Waals surface area contributed by atoms with Crippen molar-refractivity contribution in [2.75, 3.05) is 6.54 Å². The number of nitrogens with zero attached hydrogens (tertiary/aromatic N) is 1. The average molecular weight is 347 g/mol. The molecule has 0 unspecified atom stereocenters. The highest BCUT2D eigenvalue weighted by molar-refractivity contribution is 6.08. The number of carbonyl (C=O) groups excluding carboxylic acids is 3. The summed E-state index contributed by atoms with van der Waals surface area (Å²) < 4.78 is 0. The molecule has 1 atom stereocenters. The molecule has 5 aliphatic rings. The number of carbonyl (C=O) groups is 3. The minimum Gasteiger partial charge on any atom is -0.352 e. The van der Waals surface area contributed by atoms with Crippen LogP contribution in [-0.2, 0) is 9.59 Å². The topological polar surface area (TPSA) is 78.5 Å². The van der Waals surface area contributed by atoms with Gasteiger partial charge in [-0.3, -0.25) is 14.5 Å². The number of imide groups is 1. The Morgan fingerprint density at radius 1 is 1.16 bits per heavy atom. The summed E-state index contributed by atoms with van der Waals surface area (Å²) in [6.07, 6.45) is 7.77. The Balaban J connectivity index is 1.40. The predicted octanol–water partition coefficient (Wildman–Crippen LogP) is 2.04. The van der Waals surface area contributed by atoms with Crippen LogP contribution >= 0.6 is 0 Å². The van der Waals surface area contributed by atoms with E-state index in [0.717, 1.165) is 22.7 Å². The van der Waals surface area contributed by atoms with Crippen molar-refractivity contribution in [2.24, 2.45) is 23.2 Å². The molecule has 0 radical (unpaired) electrons. The second-order valence-electron chi connectivity index (χ2n) is 9.52. The van der Waals surface area contributed by atoms with Gasteiger partial charge < -0.3 is 10.6 Å². The van der Waals surface area contributed by atoms with E-state index in [1.807, 2.05) is 0 Å². The van der Waals surface area contributed by atoms with Crippen LogP contribution in [0.1, 0.15) is 59.3 Å². The van der Waals surface area contributed by atoms with Crippen LogP contribution in [0.5, 0.6) is 0 Å². The molecule has 4 bridgehead atoms. The van der Waals surface area contributed by atoms with E-state index in [-0.39, 0.29) is 29.8 Å². The van der Waals surface area contributed by atoms with Crippen LogP contribution in [0.15, 0.2) is 0 Å². The molecular formula is C19H29N3O3. The largest absolute Gasteiger partial charge is 0.352 e. The maximum atomic E-state index is 12.5. The molecule has 0 aromatic rings. The Morgan fingerprint density at radius 3 is 2.12 bits per heavy atom. The van der Waals surface area contributed by atoms with Crippen molar-refractivity contribution in [1.82, 2.24) is 15.5 Å². The molecular weight excluding hydrogens is 318 g/mol. The van der Waals surface area contributed by atoms with Gasteiger partial charge in [-0.15, -0.1) is 0 Å². The molecule has 25 heavy (non-hydrogen) atoms. The molecule has 4 saturated carbocycles. The van der Waals surface area contributed by atoms with Gasteiger partial charge in [-0.1, -0.05) is 0 Å². The first-order valence-electron chi connectivity index (χ1n) is 9.62. The molecule has 5 fully saturated rings. The number of nitrogens with one attached hydrogen (secondary N) is 2. The highest BCUT2D eigenvalue weighted by atomic mass is 16.2. The van der Waals surface area contributed by atoms with E-state index in [1.54, 1.807) is 13.8 Å². The van der Waals surface area contributed by atoms with Gasteiger partial charge in [0.25, 0.3) is 5.91 Å². The SMILES string of the molecule is C[C@H](NC(=O)CN1C(=O)NC(C)(C)C1=O)C12CC3CC(CC(C3)C1)C2. The van der Waals surface area contributed by atoms with Crippen LogP contribution in [0, 0.1) is 23.2 Å². The third kappa shape index (κ3) is 2.74. The lowest BCUT2D eigenvalue weighted by Crippen LogP contribution is -2.57. The molecule has 1 heterocycles. The average Bonchev–Trinajstić information content (AvgIpc) is 2.68. The molecule has 4 amide bonds. The first kappa shape index (κ1) is 16.9. The molecule has 6 heteroatoms. The van der Waals surface area contributed by atoms with Crippen LogP contribution in [0.25, 0.3) is 0 Å². The molecule has 138 valence electrons. The van der Waals surface area contributed by atoms with Gasteiger partial charge in [0.2, 0.25) is 5.91 Å². The monoisotopic (exact) mass is 347 g/mol. The lowest BCUT2D eigenvalue weighted by atomic mass is 9.48. The van der Waals surface area contributed by atoms with E-state index >= 15 is 0 Å². The minimum absolute atomic E-state index is 0.0992. The second-order valence-corrected chi connectivity index (χ2v) is 9.52. The summed E-state index contributed by atoms with van der Waals surface area (Å²) in [7, 11) is 0. The van der Waals surface area contributed by atoms with Gasteiger partial charge in [0.05, 0.1) is 0 Å². The summed E-state index contributed by atoms with van der Waals surface area (Å²) in [5.41, 5.74) is -0.705. The molecule has 0 aromatic carbocycles. The summed E-state index contributed by atoms with van der Waals surface area (Å²) >= 11 is 0. The first-order valence-corrected chi connectivity index (χ1v) is 9.62. The maximum absolute atomic E-state index is 12.5. The summed E-state index contributed by atoms with van der Waals surface area (Å²) in [6, 6.07) is -0.380. The smallest absolute Gasteiger partial charge is 0.325 e. The van der Waals surface area contributed by atoms with Crippen molar-refractivity contribution in [1.29, 1.82) is 0 Å². The summed E-state index contributed by atoms with van der Waals surface area (Å²) in [5, 5.41) is 5.74. The lowest BCUT2D eigenvalue weighted by Gasteiger charge is -2.59. The molecule has 0 spiro atoms. The molecule has 1 aliphatic heterocycles. The number of rotatable bonds is 4. The standard InChI is InChI=1S/C19H29N3O3/c1-11(19-7-12-4-13(8-19)6-14(5-12)9-19)20-15(23)10-22-16(24)18(2,3)21-17(22)25/h11-14H,4-10H2,1-3H3,(H,20,23)(H,21,25)/t11-,12?,13?,14?,19?/m0/s1. The van der Waals surface area contributed by atoms with E-state index < -0.39 is 11.6 Å². The molecule has 0 aromatic heterocycles. The Morgan fingerprint density at radius 2 is 1.68 bits per heavy atom. The van der Waals surface area contributed by atoms with E-state index in [1.165, 1.54) is 38.5 Å². The van der Waals surface area contributed by atoms with Crippen LogP contribution < -0.4 is 10.6 Å². The van der Waals surface area contributed by atoms with Crippen molar-refractivity contribution in [3.63, 3.8) is 0 Å². The summed E-state index contributed by atoms with van der Waals surface area (Å²) in [6.45, 7) is 5.23. The van der Waals surface area contributed by atoms with Gasteiger partial charge >= 0.3 is 6.03 Å². The summed E-state index contributed by atoms with van der Waals surface area (Å²) in [5.74, 6) is 1.92. The zero-order chi connectivity index (χ0) is 18.0. The van der Waals surface area contributed by atoms with Gasteiger partial charge in [0.1, 0.15) is 12.1 Å². The van der Waals surface area contributed by atoms with Crippen LogP contribution in [0.3, 0.4) is 0 Å². The minimum atomic E-state index is -0.928. The van der Waals surface area contributed by atoms with E-state index in [2.05, 4.69) is 17.6 Å². The van der Waals surface area contributed by atoms with Gasteiger partial charge in [0, 0.05) is 6.04 Å². The van der Waals surface area contributed by atoms with Crippen LogP contribution in [0.2, 0.25) is 0 Å². The molecule has 6 nitrogen and oxygen atoms in total. The van der Waals surface area contributed by atoms with Crippen molar-refractivity contribution in [3.05, 3.63) is 0 Å². The second kappa shape index (κ2) is 5.45. The zero-order valence-corrected chi connectivity index (χ0v) is 15.4. The van der Waals surface area contributed by atoms with Gasteiger partial charge in [-0.05, 0) is 82.5 Å². The zero-order valence-electron chi connectivity index (χ0n) is 15.4. The van der Waals surface area contributed by atoms with Gasteiger partial charge in [0.15, 0.2) is 0 Å². The fraction of sp³-hybridized carbons (Fsp3) is 0.842. The molecule has 1 saturated heterocycles. The van der Waals surface area contributed by atoms with E-state index in [9.17, 15) is 14.4 Å². The van der Waals surface area contributed by atoms with Crippen molar-refractivity contribution in [2.45, 2.75) is 70.9 Å². The summed E-state index contributed by atoms with van der Waals surface area (Å²) in [4.78, 5) is 37.7. The van der Waals surface area contributed by atoms with Gasteiger partial charge in [-0.25, -0.2) is 4.79 Å². The Labute approximate surface area is 149 Å². The molecule has 2 N–H and O–H groups in total. The third-order valence-corrected chi connectivity index (χ3v) is 7.13. The Kier molecular flexibility index (Phi) is 3.68. The van der Waals surface area contributed by atoms with Crippen LogP contribution in [0.4, 0.5) is 4.79 Å². The fourth-order valence-electron chi connectivity index (χ4n) is 6.25. The maximum Gasteiger partial charge on any atom is 0.325 e. The predicted molar refractivity (Wildman–Crippen MR) is 92.5 cm³/mol. The number of hydrogen-bond acceptors (Lipinski definition) is 3. The number of urea groups is 1. The lowest BCUT2D eigenvalue weighted by molar-refractivity contribution is -0.135. The molecule has 4 aliphatic carbocycles. The highest BCUT2D eigenvalue weighted by Gasteiger charge is 2.53. The molecule has 5 rings (SSSR count). The number of hydrogen-bond donors (Lipinski definition) is 2. The Bertz CT molecular complexity index is 592. The van der Waals surface area contributed by atoms with Crippen molar-refractivity contribution < 1.29 is 14.4 Å². The highest BCUT2D eigenvalue weighted by Crippen LogP contribution is 2.61. The fourth-order valence-corrected chi connectivity index (χ4v) is 6.25. The van der Waals surface area contributed by atoms with Crippen LogP contribution in [-0.4, -0.2) is 40.9 Å².